The van der Waals surface area contributed by atoms with Gasteiger partial charge in [0, 0.05) is 5.69 Å². The van der Waals surface area contributed by atoms with Crippen molar-refractivity contribution < 1.29 is 9.53 Å². The molecule has 100 valence electrons. The highest BCUT2D eigenvalue weighted by molar-refractivity contribution is 5.94. The summed E-state index contributed by atoms with van der Waals surface area (Å²) in [4.78, 5) is 11.9. The number of carbonyl (C=O) groups excluding carboxylic acids is 1. The number of amides is 1. The van der Waals surface area contributed by atoms with Gasteiger partial charge in [-0.15, -0.1) is 12.4 Å². The van der Waals surface area contributed by atoms with Crippen molar-refractivity contribution in [1.82, 2.24) is 5.32 Å². The van der Waals surface area contributed by atoms with E-state index in [1.165, 1.54) is 0 Å². The second-order valence-corrected chi connectivity index (χ2v) is 4.22. The van der Waals surface area contributed by atoms with Gasteiger partial charge in [0.15, 0.2) is 0 Å². The molecule has 0 spiro atoms. The highest BCUT2D eigenvalue weighted by atomic mass is 35.5. The number of hydrogen-bond donors (Lipinski definition) is 2. The van der Waals surface area contributed by atoms with Crippen LogP contribution in [0.4, 0.5) is 5.69 Å². The smallest absolute Gasteiger partial charge is 0.241 e. The molecule has 0 aromatic heterocycles. The molecular formula is C13H19ClN2O2. The van der Waals surface area contributed by atoms with Gasteiger partial charge < -0.3 is 15.4 Å². The van der Waals surface area contributed by atoms with Crippen molar-refractivity contribution in [1.29, 1.82) is 0 Å². The molecule has 2 rings (SSSR count). The van der Waals surface area contributed by atoms with Crippen molar-refractivity contribution in [2.24, 2.45) is 0 Å². The molecule has 1 heterocycles. The maximum Gasteiger partial charge on any atom is 0.241 e. The summed E-state index contributed by atoms with van der Waals surface area (Å²) in [5.74, 6) is 0.841. The lowest BCUT2D eigenvalue weighted by molar-refractivity contribution is -0.118. The molecule has 5 heteroatoms. The number of anilines is 1. The van der Waals surface area contributed by atoms with Crippen LogP contribution in [0.3, 0.4) is 0 Å². The SMILES string of the molecule is COc1ccc(NC(=O)[C@H]2CCCCN2)cc1.Cl. The Bertz CT molecular complexity index is 375. The number of halogens is 1. The molecule has 18 heavy (non-hydrogen) atoms. The monoisotopic (exact) mass is 270 g/mol. The molecule has 1 aliphatic rings. The molecule has 1 aliphatic heterocycles. The van der Waals surface area contributed by atoms with Gasteiger partial charge in [-0.3, -0.25) is 4.79 Å². The van der Waals surface area contributed by atoms with Gasteiger partial charge in [0.1, 0.15) is 5.75 Å². The molecule has 1 fully saturated rings. The fourth-order valence-corrected chi connectivity index (χ4v) is 1.98. The summed E-state index contributed by atoms with van der Waals surface area (Å²) in [6.07, 6.45) is 3.20. The second kappa shape index (κ2) is 7.24. The van der Waals surface area contributed by atoms with Crippen molar-refractivity contribution in [3.8, 4) is 5.75 Å². The minimum absolute atomic E-state index is 0. The van der Waals surface area contributed by atoms with Crippen molar-refractivity contribution >= 4 is 24.0 Å². The number of methoxy groups -OCH3 is 1. The highest BCUT2D eigenvalue weighted by Gasteiger charge is 2.20. The molecule has 1 aromatic rings. The second-order valence-electron chi connectivity index (χ2n) is 4.22. The van der Waals surface area contributed by atoms with E-state index in [2.05, 4.69) is 10.6 Å². The largest absolute Gasteiger partial charge is 0.497 e. The van der Waals surface area contributed by atoms with Crippen LogP contribution in [-0.4, -0.2) is 25.6 Å². The van der Waals surface area contributed by atoms with E-state index in [1.807, 2.05) is 24.3 Å². The van der Waals surface area contributed by atoms with E-state index in [1.54, 1.807) is 7.11 Å². The molecule has 1 atom stereocenters. The summed E-state index contributed by atoms with van der Waals surface area (Å²) >= 11 is 0. The lowest BCUT2D eigenvalue weighted by atomic mass is 10.0. The van der Waals surface area contributed by atoms with Gasteiger partial charge in [-0.1, -0.05) is 6.42 Å². The third-order valence-corrected chi connectivity index (χ3v) is 2.98. The number of hydrogen-bond acceptors (Lipinski definition) is 3. The maximum atomic E-state index is 11.9. The van der Waals surface area contributed by atoms with Crippen molar-refractivity contribution in [3.05, 3.63) is 24.3 Å². The van der Waals surface area contributed by atoms with Gasteiger partial charge in [-0.25, -0.2) is 0 Å². The first-order valence-electron chi connectivity index (χ1n) is 5.98. The zero-order chi connectivity index (χ0) is 12.1. The maximum absolute atomic E-state index is 11.9. The Labute approximate surface area is 114 Å². The molecule has 1 saturated heterocycles. The normalized spacial score (nSPS) is 18.6. The van der Waals surface area contributed by atoms with Crippen LogP contribution in [0.5, 0.6) is 5.75 Å². The zero-order valence-electron chi connectivity index (χ0n) is 10.4. The van der Waals surface area contributed by atoms with Crippen LogP contribution in [0.25, 0.3) is 0 Å². The van der Waals surface area contributed by atoms with Gasteiger partial charge in [0.05, 0.1) is 13.2 Å². The summed E-state index contributed by atoms with van der Waals surface area (Å²) in [5.41, 5.74) is 0.808. The van der Waals surface area contributed by atoms with E-state index in [9.17, 15) is 4.79 Å². The van der Waals surface area contributed by atoms with E-state index < -0.39 is 0 Å². The Morgan fingerprint density at radius 2 is 2.06 bits per heavy atom. The fourth-order valence-electron chi connectivity index (χ4n) is 1.98. The first kappa shape index (κ1) is 14.8. The van der Waals surface area contributed by atoms with Crippen LogP contribution in [0.15, 0.2) is 24.3 Å². The van der Waals surface area contributed by atoms with Crippen LogP contribution >= 0.6 is 12.4 Å². The number of carbonyl (C=O) groups is 1. The molecule has 0 aliphatic carbocycles. The minimum Gasteiger partial charge on any atom is -0.497 e. The van der Waals surface area contributed by atoms with E-state index in [-0.39, 0.29) is 24.4 Å². The quantitative estimate of drug-likeness (QED) is 0.885. The molecule has 0 saturated carbocycles. The van der Waals surface area contributed by atoms with Crippen LogP contribution in [0, 0.1) is 0 Å². The topological polar surface area (TPSA) is 50.4 Å². The number of nitrogens with one attached hydrogen (secondary N) is 2. The summed E-state index contributed by atoms with van der Waals surface area (Å²) in [6, 6.07) is 7.32. The van der Waals surface area contributed by atoms with Gasteiger partial charge >= 0.3 is 0 Å². The van der Waals surface area contributed by atoms with Crippen LogP contribution in [0.2, 0.25) is 0 Å². The number of ether oxygens (including phenoxy) is 1. The Morgan fingerprint density at radius 1 is 1.33 bits per heavy atom. The number of piperidine rings is 1. The standard InChI is InChI=1S/C13H18N2O2.ClH/c1-17-11-7-5-10(6-8-11)15-13(16)12-4-2-3-9-14-12;/h5-8,12,14H,2-4,9H2,1H3,(H,15,16);1H/t12-;/m1./s1. The molecule has 0 unspecified atom stereocenters. The molecule has 0 bridgehead atoms. The molecule has 1 amide bonds. The molecule has 2 N–H and O–H groups in total. The Balaban J connectivity index is 0.00000162. The van der Waals surface area contributed by atoms with Crippen molar-refractivity contribution in [2.45, 2.75) is 25.3 Å². The molecule has 0 radical (unpaired) electrons. The number of benzene rings is 1. The summed E-state index contributed by atoms with van der Waals surface area (Å²) in [6.45, 7) is 0.931. The molecule has 1 aromatic carbocycles. The first-order valence-corrected chi connectivity index (χ1v) is 5.98. The van der Waals surface area contributed by atoms with E-state index in [0.717, 1.165) is 37.2 Å². The zero-order valence-corrected chi connectivity index (χ0v) is 11.3. The Kier molecular flexibility index (Phi) is 5.95. The number of rotatable bonds is 3. The fraction of sp³-hybridized carbons (Fsp3) is 0.462. The van der Waals surface area contributed by atoms with Crippen LogP contribution in [0.1, 0.15) is 19.3 Å². The lowest BCUT2D eigenvalue weighted by Crippen LogP contribution is -2.43. The lowest BCUT2D eigenvalue weighted by Gasteiger charge is -2.22. The van der Waals surface area contributed by atoms with Crippen LogP contribution < -0.4 is 15.4 Å². The first-order chi connectivity index (χ1) is 8.29. The predicted molar refractivity (Wildman–Crippen MR) is 74.5 cm³/mol. The third kappa shape index (κ3) is 3.89. The minimum atomic E-state index is -0.0501. The highest BCUT2D eigenvalue weighted by Crippen LogP contribution is 2.16. The summed E-state index contributed by atoms with van der Waals surface area (Å²) in [5, 5.41) is 6.13. The van der Waals surface area contributed by atoms with E-state index >= 15 is 0 Å². The van der Waals surface area contributed by atoms with E-state index in [4.69, 9.17) is 4.74 Å². The Hall–Kier alpha value is -1.26. The molecular weight excluding hydrogens is 252 g/mol. The van der Waals surface area contributed by atoms with Gasteiger partial charge in [0.25, 0.3) is 0 Å². The van der Waals surface area contributed by atoms with Gasteiger partial charge in [-0.2, -0.15) is 0 Å². The van der Waals surface area contributed by atoms with Gasteiger partial charge in [0.2, 0.25) is 5.91 Å². The van der Waals surface area contributed by atoms with Gasteiger partial charge in [-0.05, 0) is 43.7 Å². The predicted octanol–water partition coefficient (Wildman–Crippen LogP) is 2.20. The summed E-state index contributed by atoms with van der Waals surface area (Å²) in [7, 11) is 1.62. The third-order valence-electron chi connectivity index (χ3n) is 2.98. The molecule has 4 nitrogen and oxygen atoms in total. The van der Waals surface area contributed by atoms with Crippen LogP contribution in [-0.2, 0) is 4.79 Å². The van der Waals surface area contributed by atoms with Crippen molar-refractivity contribution in [2.75, 3.05) is 19.0 Å². The average molecular weight is 271 g/mol. The summed E-state index contributed by atoms with van der Waals surface area (Å²) < 4.78 is 5.07. The van der Waals surface area contributed by atoms with Crippen molar-refractivity contribution in [3.63, 3.8) is 0 Å². The average Bonchev–Trinajstić information content (AvgIpc) is 2.40. The Morgan fingerprint density at radius 3 is 2.61 bits per heavy atom. The van der Waals surface area contributed by atoms with E-state index in [0.29, 0.717) is 0 Å².